The summed E-state index contributed by atoms with van der Waals surface area (Å²) in [6, 6.07) is 0. The molecule has 0 radical (unpaired) electrons. The highest BCUT2D eigenvalue weighted by molar-refractivity contribution is 8.13. The molecule has 0 saturated carbocycles. The lowest BCUT2D eigenvalue weighted by molar-refractivity contribution is -0.116. The van der Waals surface area contributed by atoms with Gasteiger partial charge in [0.1, 0.15) is 0 Å². The number of amides is 2. The number of hydrogen-bond donors (Lipinski definition) is 1. The van der Waals surface area contributed by atoms with Crippen LogP contribution in [0.15, 0.2) is 11.6 Å². The van der Waals surface area contributed by atoms with Gasteiger partial charge in [0.15, 0.2) is 0 Å². The van der Waals surface area contributed by atoms with Crippen LogP contribution >= 0.6 is 11.8 Å². The molecule has 0 aliphatic carbocycles. The second-order valence-electron chi connectivity index (χ2n) is 1.84. The van der Waals surface area contributed by atoms with Gasteiger partial charge in [-0.15, -0.1) is 0 Å². The number of imide groups is 1. The zero-order valence-electron chi connectivity index (χ0n) is 5.51. The lowest BCUT2D eigenvalue weighted by atomic mass is 10.3. The van der Waals surface area contributed by atoms with Gasteiger partial charge in [0.25, 0.3) is 11.1 Å². The molecule has 54 valence electrons. The van der Waals surface area contributed by atoms with Gasteiger partial charge in [0, 0.05) is 11.3 Å². The van der Waals surface area contributed by atoms with Crippen LogP contribution in [0.2, 0.25) is 0 Å². The van der Waals surface area contributed by atoms with Crippen molar-refractivity contribution in [2.24, 2.45) is 0 Å². The van der Waals surface area contributed by atoms with Crippen molar-refractivity contribution < 1.29 is 9.59 Å². The van der Waals surface area contributed by atoms with Crippen molar-refractivity contribution in [3.8, 4) is 0 Å². The molecule has 1 aliphatic rings. The highest BCUT2D eigenvalue weighted by Crippen LogP contribution is 2.13. The maximum absolute atomic E-state index is 10.8. The summed E-state index contributed by atoms with van der Waals surface area (Å²) in [4.78, 5) is 21.4. The minimum atomic E-state index is -0.258. The van der Waals surface area contributed by atoms with E-state index in [1.807, 2.05) is 0 Å². The molecule has 10 heavy (non-hydrogen) atoms. The molecule has 0 spiro atoms. The molecule has 4 heteroatoms. The molecular formula is C6H7NO2S. The largest absolute Gasteiger partial charge is 0.286 e. The van der Waals surface area contributed by atoms with Crippen LogP contribution < -0.4 is 5.32 Å². The number of carbonyl (C=O) groups excluding carboxylic acids is 2. The molecule has 0 bridgehead atoms. The van der Waals surface area contributed by atoms with E-state index in [9.17, 15) is 9.59 Å². The van der Waals surface area contributed by atoms with Crippen LogP contribution in [0.1, 0.15) is 6.92 Å². The molecule has 0 aromatic heterocycles. The zero-order valence-corrected chi connectivity index (χ0v) is 6.33. The van der Waals surface area contributed by atoms with Crippen LogP contribution in [0.5, 0.6) is 0 Å². The maximum atomic E-state index is 10.8. The summed E-state index contributed by atoms with van der Waals surface area (Å²) in [5, 5.41) is 1.94. The van der Waals surface area contributed by atoms with Crippen LogP contribution in [-0.4, -0.2) is 16.9 Å². The Labute approximate surface area is 62.9 Å². The van der Waals surface area contributed by atoms with Gasteiger partial charge in [-0.05, 0) is 6.92 Å². The Morgan fingerprint density at radius 3 is 2.80 bits per heavy atom. The van der Waals surface area contributed by atoms with Crippen LogP contribution in [0, 0.1) is 0 Å². The van der Waals surface area contributed by atoms with Crippen molar-refractivity contribution >= 4 is 22.9 Å². The highest BCUT2D eigenvalue weighted by atomic mass is 32.2. The van der Waals surface area contributed by atoms with E-state index in [1.54, 1.807) is 13.0 Å². The van der Waals surface area contributed by atoms with Crippen molar-refractivity contribution in [1.82, 2.24) is 5.32 Å². The Morgan fingerprint density at radius 1 is 1.60 bits per heavy atom. The number of rotatable bonds is 0. The third-order valence-electron chi connectivity index (χ3n) is 1.21. The van der Waals surface area contributed by atoms with Gasteiger partial charge in [-0.1, -0.05) is 17.8 Å². The first-order valence-electron chi connectivity index (χ1n) is 2.87. The first-order valence-corrected chi connectivity index (χ1v) is 3.86. The summed E-state index contributed by atoms with van der Waals surface area (Å²) in [6.45, 7) is 1.78. The van der Waals surface area contributed by atoms with Gasteiger partial charge >= 0.3 is 0 Å². The van der Waals surface area contributed by atoms with E-state index in [0.29, 0.717) is 11.3 Å². The van der Waals surface area contributed by atoms with Gasteiger partial charge in [0.05, 0.1) is 0 Å². The van der Waals surface area contributed by atoms with E-state index < -0.39 is 0 Å². The molecule has 0 aromatic rings. The average Bonchev–Trinajstić information content (AvgIpc) is 1.88. The van der Waals surface area contributed by atoms with E-state index in [0.717, 1.165) is 11.8 Å². The molecular weight excluding hydrogens is 150 g/mol. The molecule has 1 rings (SSSR count). The lowest BCUT2D eigenvalue weighted by Crippen LogP contribution is -2.33. The maximum Gasteiger partial charge on any atom is 0.286 e. The average molecular weight is 157 g/mol. The quantitative estimate of drug-likeness (QED) is 0.532. The van der Waals surface area contributed by atoms with Crippen molar-refractivity contribution in [2.45, 2.75) is 6.92 Å². The Hall–Kier alpha value is -0.770. The van der Waals surface area contributed by atoms with E-state index in [2.05, 4.69) is 5.32 Å². The van der Waals surface area contributed by atoms with Crippen molar-refractivity contribution in [3.05, 3.63) is 11.6 Å². The van der Waals surface area contributed by atoms with E-state index >= 15 is 0 Å². The van der Waals surface area contributed by atoms with E-state index in [-0.39, 0.29) is 11.1 Å². The number of carbonyl (C=O) groups is 2. The standard InChI is InChI=1S/C6H7NO2S/c1-2-4-3-10-6(9)7-5(4)8/h2H,3H2,1H3,(H,7,8,9)/b4-2-. The number of nitrogens with one attached hydrogen (secondary N) is 1. The molecule has 0 atom stereocenters. The number of allylic oxidation sites excluding steroid dienone is 1. The fraction of sp³-hybridized carbons (Fsp3) is 0.333. The predicted molar refractivity (Wildman–Crippen MR) is 39.8 cm³/mol. The smallest absolute Gasteiger partial charge is 0.283 e. The Kier molecular flexibility index (Phi) is 2.11. The molecule has 1 heterocycles. The minimum Gasteiger partial charge on any atom is -0.283 e. The molecule has 1 aliphatic heterocycles. The Bertz CT molecular complexity index is 210. The summed E-state index contributed by atoms with van der Waals surface area (Å²) >= 11 is 1.12. The van der Waals surface area contributed by atoms with Crippen LogP contribution in [0.3, 0.4) is 0 Å². The first kappa shape index (κ1) is 7.34. The van der Waals surface area contributed by atoms with Crippen molar-refractivity contribution in [3.63, 3.8) is 0 Å². The SMILES string of the molecule is C/C=C1/CSC(=O)NC1=O. The fourth-order valence-corrected chi connectivity index (χ4v) is 1.38. The third kappa shape index (κ3) is 1.39. The van der Waals surface area contributed by atoms with Gasteiger partial charge in [-0.2, -0.15) is 0 Å². The first-order chi connectivity index (χ1) is 4.74. The monoisotopic (exact) mass is 157 g/mol. The molecule has 0 unspecified atom stereocenters. The molecule has 1 saturated heterocycles. The summed E-state index contributed by atoms with van der Waals surface area (Å²) in [7, 11) is 0. The second kappa shape index (κ2) is 2.88. The molecule has 0 aromatic carbocycles. The summed E-state index contributed by atoms with van der Waals surface area (Å²) < 4.78 is 0. The summed E-state index contributed by atoms with van der Waals surface area (Å²) in [6.07, 6.45) is 1.72. The third-order valence-corrected chi connectivity index (χ3v) is 2.03. The Balaban J connectivity index is 2.69. The van der Waals surface area contributed by atoms with Gasteiger partial charge in [-0.3, -0.25) is 14.9 Å². The van der Waals surface area contributed by atoms with E-state index in [1.165, 1.54) is 0 Å². The van der Waals surface area contributed by atoms with Crippen molar-refractivity contribution in [1.29, 1.82) is 0 Å². The van der Waals surface area contributed by atoms with Gasteiger partial charge in [0.2, 0.25) is 0 Å². The number of hydrogen-bond acceptors (Lipinski definition) is 3. The fourth-order valence-electron chi connectivity index (χ4n) is 0.632. The number of thioether (sulfide) groups is 1. The lowest BCUT2D eigenvalue weighted by Gasteiger charge is -2.11. The van der Waals surface area contributed by atoms with Gasteiger partial charge < -0.3 is 0 Å². The normalized spacial score (nSPS) is 23.1. The summed E-state index contributed by atoms with van der Waals surface area (Å²) in [5.74, 6) is 0.243. The van der Waals surface area contributed by atoms with Crippen LogP contribution in [0.25, 0.3) is 0 Å². The molecule has 1 fully saturated rings. The van der Waals surface area contributed by atoms with Crippen molar-refractivity contribution in [2.75, 3.05) is 5.75 Å². The zero-order chi connectivity index (χ0) is 7.56. The Morgan fingerprint density at radius 2 is 2.30 bits per heavy atom. The highest BCUT2D eigenvalue weighted by Gasteiger charge is 2.19. The van der Waals surface area contributed by atoms with E-state index in [4.69, 9.17) is 0 Å². The predicted octanol–water partition coefficient (Wildman–Crippen LogP) is 0.916. The van der Waals surface area contributed by atoms with Crippen LogP contribution in [0.4, 0.5) is 4.79 Å². The second-order valence-corrected chi connectivity index (χ2v) is 2.79. The summed E-state index contributed by atoms with van der Waals surface area (Å²) in [5.41, 5.74) is 0.671. The topological polar surface area (TPSA) is 46.2 Å². The molecule has 3 nitrogen and oxygen atoms in total. The molecule has 1 N–H and O–H groups in total. The van der Waals surface area contributed by atoms with Gasteiger partial charge in [-0.25, -0.2) is 0 Å². The molecule has 2 amide bonds. The van der Waals surface area contributed by atoms with Crippen LogP contribution in [-0.2, 0) is 4.79 Å². The minimum absolute atomic E-state index is 0.254.